The topological polar surface area (TPSA) is 85.5 Å². The van der Waals surface area contributed by atoms with Crippen molar-refractivity contribution in [3.63, 3.8) is 0 Å². The molecule has 6 rings (SSSR count). The number of rotatable bonds is 4. The number of aliphatic imine (C=N–C) groups is 1. The van der Waals surface area contributed by atoms with Crippen LogP contribution in [0.5, 0.6) is 11.8 Å². The molecule has 8 nitrogen and oxygen atoms in total. The number of carbonyl (C=O) groups is 1. The molecule has 0 saturated heterocycles. The van der Waals surface area contributed by atoms with E-state index in [2.05, 4.69) is 33.2 Å². The lowest BCUT2D eigenvalue weighted by atomic mass is 9.92. The molecule has 3 aliphatic rings. The summed E-state index contributed by atoms with van der Waals surface area (Å²) in [7, 11) is 0. The standard InChI is InChI=1S/C24H24N6O2/c1-14-3-6-20-21(30(14)15(2)31)8-7-19(17-12-27-29(13-17)18-4-5-18)22(20)32-24-26-11-16-9-10-25-23(16)28-24/h7-8,10-14,18H,3-6,9H2,1-2H3/t14-/m0/s1. The third kappa shape index (κ3) is 3.18. The number of carbonyl (C=O) groups excluding carboxylic acids is 1. The Balaban J connectivity index is 1.48. The van der Waals surface area contributed by atoms with Crippen LogP contribution in [0.3, 0.4) is 0 Å². The van der Waals surface area contributed by atoms with Gasteiger partial charge in [-0.1, -0.05) is 0 Å². The van der Waals surface area contributed by atoms with Gasteiger partial charge in [-0.3, -0.25) is 9.48 Å². The first-order chi connectivity index (χ1) is 15.6. The number of benzene rings is 1. The van der Waals surface area contributed by atoms with Crippen molar-refractivity contribution in [1.82, 2.24) is 19.7 Å². The molecule has 32 heavy (non-hydrogen) atoms. The summed E-state index contributed by atoms with van der Waals surface area (Å²) in [6, 6.07) is 4.94. The minimum atomic E-state index is 0.0295. The molecule has 1 aromatic carbocycles. The number of ether oxygens (including phenoxy) is 1. The third-order valence-electron chi connectivity index (χ3n) is 6.46. The Kier molecular flexibility index (Phi) is 4.34. The van der Waals surface area contributed by atoms with Crippen LogP contribution in [0, 0.1) is 0 Å². The molecule has 1 amide bonds. The van der Waals surface area contributed by atoms with Crippen molar-refractivity contribution >= 4 is 23.6 Å². The average molecular weight is 428 g/mol. The van der Waals surface area contributed by atoms with Gasteiger partial charge in [0.2, 0.25) is 5.91 Å². The van der Waals surface area contributed by atoms with Crippen molar-refractivity contribution in [1.29, 1.82) is 0 Å². The van der Waals surface area contributed by atoms with Gasteiger partial charge >= 0.3 is 6.01 Å². The second-order valence-electron chi connectivity index (χ2n) is 8.78. The quantitative estimate of drug-likeness (QED) is 0.614. The largest absolute Gasteiger partial charge is 0.423 e. The maximum absolute atomic E-state index is 12.4. The molecule has 0 spiro atoms. The van der Waals surface area contributed by atoms with E-state index in [1.807, 2.05) is 34.1 Å². The lowest BCUT2D eigenvalue weighted by molar-refractivity contribution is -0.117. The Hall–Kier alpha value is -3.55. The summed E-state index contributed by atoms with van der Waals surface area (Å²) >= 11 is 0. The maximum Gasteiger partial charge on any atom is 0.324 e. The Morgan fingerprint density at radius 1 is 1.19 bits per heavy atom. The van der Waals surface area contributed by atoms with E-state index in [9.17, 15) is 4.79 Å². The highest BCUT2D eigenvalue weighted by molar-refractivity contribution is 5.95. The zero-order chi connectivity index (χ0) is 21.8. The summed E-state index contributed by atoms with van der Waals surface area (Å²) in [6.45, 7) is 3.70. The summed E-state index contributed by atoms with van der Waals surface area (Å²) in [5.74, 6) is 1.38. The zero-order valence-electron chi connectivity index (χ0n) is 18.2. The van der Waals surface area contributed by atoms with Crippen LogP contribution >= 0.6 is 0 Å². The minimum absolute atomic E-state index is 0.0295. The summed E-state index contributed by atoms with van der Waals surface area (Å²) in [5, 5.41) is 4.56. The van der Waals surface area contributed by atoms with E-state index in [1.54, 1.807) is 13.1 Å². The first-order valence-corrected chi connectivity index (χ1v) is 11.1. The van der Waals surface area contributed by atoms with Gasteiger partial charge in [0.1, 0.15) is 5.75 Å². The fourth-order valence-corrected chi connectivity index (χ4v) is 4.65. The van der Waals surface area contributed by atoms with Crippen LogP contribution in [0.25, 0.3) is 11.1 Å². The molecule has 4 heterocycles. The second-order valence-corrected chi connectivity index (χ2v) is 8.78. The zero-order valence-corrected chi connectivity index (χ0v) is 18.2. The van der Waals surface area contributed by atoms with Crippen molar-refractivity contribution in [2.24, 2.45) is 4.99 Å². The third-order valence-corrected chi connectivity index (χ3v) is 6.46. The predicted molar refractivity (Wildman–Crippen MR) is 121 cm³/mol. The van der Waals surface area contributed by atoms with Crippen LogP contribution in [-0.4, -0.2) is 37.9 Å². The van der Waals surface area contributed by atoms with E-state index in [1.165, 1.54) is 12.8 Å². The van der Waals surface area contributed by atoms with Crippen molar-refractivity contribution in [3.05, 3.63) is 41.9 Å². The molecule has 0 N–H and O–H groups in total. The number of fused-ring (bicyclic) bond motifs is 2. The van der Waals surface area contributed by atoms with E-state index in [0.29, 0.717) is 17.6 Å². The summed E-state index contributed by atoms with van der Waals surface area (Å²) < 4.78 is 8.40. The molecule has 0 radical (unpaired) electrons. The van der Waals surface area contributed by atoms with Gasteiger partial charge in [-0.15, -0.1) is 0 Å². The van der Waals surface area contributed by atoms with Crippen LogP contribution in [0.4, 0.5) is 11.5 Å². The van der Waals surface area contributed by atoms with E-state index < -0.39 is 0 Å². The highest BCUT2D eigenvalue weighted by Gasteiger charge is 2.31. The Bertz CT molecular complexity index is 1260. The van der Waals surface area contributed by atoms with Gasteiger partial charge in [0.15, 0.2) is 5.82 Å². The molecule has 1 atom stereocenters. The van der Waals surface area contributed by atoms with Crippen LogP contribution in [-0.2, 0) is 17.6 Å². The number of anilines is 1. The first kappa shape index (κ1) is 19.2. The van der Waals surface area contributed by atoms with E-state index in [4.69, 9.17) is 4.74 Å². The van der Waals surface area contributed by atoms with Gasteiger partial charge in [-0.25, -0.2) is 9.98 Å². The summed E-state index contributed by atoms with van der Waals surface area (Å²) in [5.41, 5.74) is 4.81. The van der Waals surface area contributed by atoms with Gasteiger partial charge in [0.05, 0.1) is 17.9 Å². The van der Waals surface area contributed by atoms with E-state index in [0.717, 1.165) is 47.2 Å². The molecule has 1 saturated carbocycles. The molecular weight excluding hydrogens is 404 g/mol. The number of hydrogen-bond donors (Lipinski definition) is 0. The Morgan fingerprint density at radius 2 is 2.06 bits per heavy atom. The lowest BCUT2D eigenvalue weighted by Gasteiger charge is -2.35. The van der Waals surface area contributed by atoms with Gasteiger partial charge < -0.3 is 9.64 Å². The van der Waals surface area contributed by atoms with Crippen molar-refractivity contribution < 1.29 is 9.53 Å². The van der Waals surface area contributed by atoms with Crippen molar-refractivity contribution in [2.45, 2.75) is 58.0 Å². The van der Waals surface area contributed by atoms with Crippen LogP contribution < -0.4 is 9.64 Å². The van der Waals surface area contributed by atoms with Crippen LogP contribution in [0.1, 0.15) is 50.3 Å². The molecule has 1 fully saturated rings. The van der Waals surface area contributed by atoms with E-state index >= 15 is 0 Å². The van der Waals surface area contributed by atoms with E-state index in [-0.39, 0.29) is 18.0 Å². The number of hydrogen-bond acceptors (Lipinski definition) is 6. The lowest BCUT2D eigenvalue weighted by Crippen LogP contribution is -2.40. The minimum Gasteiger partial charge on any atom is -0.423 e. The first-order valence-electron chi connectivity index (χ1n) is 11.1. The second kappa shape index (κ2) is 7.25. The molecule has 0 unspecified atom stereocenters. The smallest absolute Gasteiger partial charge is 0.324 e. The molecule has 8 heteroatoms. The Labute approximate surface area is 186 Å². The number of aromatic nitrogens is 4. The van der Waals surface area contributed by atoms with Crippen LogP contribution in [0.15, 0.2) is 35.7 Å². The molecule has 1 aliphatic carbocycles. The van der Waals surface area contributed by atoms with Crippen LogP contribution in [0.2, 0.25) is 0 Å². The van der Waals surface area contributed by atoms with Crippen molar-refractivity contribution in [3.8, 4) is 22.9 Å². The summed E-state index contributed by atoms with van der Waals surface area (Å²) in [4.78, 5) is 27.6. The van der Waals surface area contributed by atoms with Crippen molar-refractivity contribution in [2.75, 3.05) is 4.90 Å². The molecule has 3 aromatic rings. The average Bonchev–Trinajstić information content (AvgIpc) is 3.32. The van der Waals surface area contributed by atoms with Gasteiger partial charge in [0.25, 0.3) is 0 Å². The Morgan fingerprint density at radius 3 is 2.88 bits per heavy atom. The highest BCUT2D eigenvalue weighted by Crippen LogP contribution is 2.45. The normalized spacial score (nSPS) is 19.1. The number of nitrogens with zero attached hydrogens (tertiary/aromatic N) is 6. The van der Waals surface area contributed by atoms with Gasteiger partial charge in [-0.2, -0.15) is 10.1 Å². The SMILES string of the molecule is CC(=O)N1c2ccc(-c3cnn(C4CC4)c3)c(Oc3ncc4c(n3)N=CC4)c2CC[C@@H]1C. The monoisotopic (exact) mass is 428 g/mol. The molecule has 162 valence electrons. The maximum atomic E-state index is 12.4. The highest BCUT2D eigenvalue weighted by atomic mass is 16.5. The van der Waals surface area contributed by atoms with Gasteiger partial charge in [0, 0.05) is 60.2 Å². The molecule has 2 aromatic heterocycles. The molecule has 2 aliphatic heterocycles. The molecular formula is C24H24N6O2. The fourth-order valence-electron chi connectivity index (χ4n) is 4.65. The predicted octanol–water partition coefficient (Wildman–Crippen LogP) is 4.41. The molecule has 0 bridgehead atoms. The fraction of sp³-hybridized carbons (Fsp3) is 0.375. The number of amides is 1. The summed E-state index contributed by atoms with van der Waals surface area (Å²) in [6.07, 6.45) is 12.3. The van der Waals surface area contributed by atoms with Gasteiger partial charge in [-0.05, 0) is 44.7 Å².